The van der Waals surface area contributed by atoms with Gasteiger partial charge in [-0.3, -0.25) is 0 Å². The maximum Gasteiger partial charge on any atom is 0.0381 e. The van der Waals surface area contributed by atoms with Crippen molar-refractivity contribution in [1.82, 2.24) is 0 Å². The summed E-state index contributed by atoms with van der Waals surface area (Å²) in [6.07, 6.45) is 9.19. The Labute approximate surface area is 301 Å². The van der Waals surface area contributed by atoms with Gasteiger partial charge in [0.15, 0.2) is 0 Å². The minimum atomic E-state index is 0.399. The monoisotopic (exact) mass is 664 g/mol. The van der Waals surface area contributed by atoms with Crippen LogP contribution in [-0.2, 0) is 0 Å². The summed E-state index contributed by atoms with van der Waals surface area (Å²) in [4.78, 5) is 1.43. The van der Waals surface area contributed by atoms with Crippen molar-refractivity contribution < 1.29 is 0 Å². The summed E-state index contributed by atoms with van der Waals surface area (Å²) in [6, 6.07) is 59.1. The molecular formula is C50H32S. The molecule has 0 saturated carbocycles. The number of allylic oxidation sites excluding steroid dienone is 3. The molecule has 0 aromatic heterocycles. The second-order valence-electron chi connectivity index (χ2n) is 13.9. The smallest absolute Gasteiger partial charge is 0.0381 e. The molecule has 0 spiro atoms. The Morgan fingerprint density at radius 1 is 0.373 bits per heavy atom. The standard InChI is InChI=1S/C50H32S/c1-3-13-33-27-36(23-21-31(33)11-1)48-40-17-6-7-18-41(40)49(37-24-22-32-12-2-4-14-34(32)28-37)45-29-35(25-26-42(45)48)44-30-46-39-16-9-10-20-47(39)51-50(46)43-19-8-5-15-38(43)44/h1-30,39,47H. The average Bonchev–Trinajstić information content (AvgIpc) is 3.58. The van der Waals surface area contributed by atoms with Crippen LogP contribution in [0.3, 0.4) is 0 Å². The summed E-state index contributed by atoms with van der Waals surface area (Å²) in [5.74, 6) is 0.399. The topological polar surface area (TPSA) is 0 Å². The minimum absolute atomic E-state index is 0.399. The van der Waals surface area contributed by atoms with E-state index in [0.717, 1.165) is 0 Å². The van der Waals surface area contributed by atoms with Crippen LogP contribution in [0.4, 0.5) is 0 Å². The Morgan fingerprint density at radius 2 is 0.902 bits per heavy atom. The zero-order chi connectivity index (χ0) is 33.5. The fraction of sp³-hybridized carbons (Fsp3) is 0.0400. The van der Waals surface area contributed by atoms with E-state index in [0.29, 0.717) is 11.2 Å². The molecule has 1 heterocycles. The second kappa shape index (κ2) is 11.3. The number of hydrogen-bond donors (Lipinski definition) is 0. The lowest BCUT2D eigenvalue weighted by Crippen LogP contribution is -2.06. The van der Waals surface area contributed by atoms with Crippen molar-refractivity contribution in [1.29, 1.82) is 0 Å². The molecule has 238 valence electrons. The first-order valence-corrected chi connectivity index (χ1v) is 18.7. The highest BCUT2D eigenvalue weighted by atomic mass is 32.2. The summed E-state index contributed by atoms with van der Waals surface area (Å²) in [6.45, 7) is 0. The van der Waals surface area contributed by atoms with Crippen molar-refractivity contribution in [2.24, 2.45) is 0 Å². The molecule has 0 amide bonds. The molecule has 2 aliphatic rings. The van der Waals surface area contributed by atoms with Crippen LogP contribution in [0.15, 0.2) is 187 Å². The predicted molar refractivity (Wildman–Crippen MR) is 221 cm³/mol. The van der Waals surface area contributed by atoms with E-state index in [-0.39, 0.29) is 0 Å². The summed E-state index contributed by atoms with van der Waals surface area (Å²) >= 11 is 2.02. The summed E-state index contributed by atoms with van der Waals surface area (Å²) in [5.41, 5.74) is 9.08. The summed E-state index contributed by atoms with van der Waals surface area (Å²) in [5, 5.41) is 13.3. The second-order valence-corrected chi connectivity index (χ2v) is 15.1. The van der Waals surface area contributed by atoms with Crippen LogP contribution in [0.1, 0.15) is 11.5 Å². The van der Waals surface area contributed by atoms with Gasteiger partial charge in [-0.05, 0) is 117 Å². The van der Waals surface area contributed by atoms with Crippen LogP contribution >= 0.6 is 11.8 Å². The number of hydrogen-bond acceptors (Lipinski definition) is 1. The van der Waals surface area contributed by atoms with E-state index in [1.165, 1.54) is 97.7 Å². The molecule has 1 aliphatic carbocycles. The van der Waals surface area contributed by atoms with E-state index in [9.17, 15) is 0 Å². The van der Waals surface area contributed by atoms with Crippen LogP contribution in [0, 0.1) is 0 Å². The van der Waals surface area contributed by atoms with Crippen molar-refractivity contribution in [3.8, 4) is 33.4 Å². The lowest BCUT2D eigenvalue weighted by atomic mass is 9.83. The van der Waals surface area contributed by atoms with E-state index >= 15 is 0 Å². The van der Waals surface area contributed by atoms with Gasteiger partial charge in [0, 0.05) is 16.1 Å². The van der Waals surface area contributed by atoms with Gasteiger partial charge in [-0.25, -0.2) is 0 Å². The fourth-order valence-electron chi connectivity index (χ4n) is 8.76. The molecule has 2 unspecified atom stereocenters. The molecule has 0 bridgehead atoms. The first kappa shape index (κ1) is 28.9. The van der Waals surface area contributed by atoms with E-state index < -0.39 is 0 Å². The number of thioether (sulfide) groups is 1. The molecule has 1 aliphatic heterocycles. The maximum atomic E-state index is 2.50. The van der Waals surface area contributed by atoms with Gasteiger partial charge in [0.25, 0.3) is 0 Å². The van der Waals surface area contributed by atoms with Gasteiger partial charge in [0.05, 0.1) is 0 Å². The van der Waals surface area contributed by atoms with Crippen molar-refractivity contribution in [2.45, 2.75) is 16.1 Å². The molecule has 9 aromatic rings. The summed E-state index contributed by atoms with van der Waals surface area (Å²) in [7, 11) is 0. The lowest BCUT2D eigenvalue weighted by Gasteiger charge is -2.20. The Hall–Kier alpha value is -5.89. The first-order chi connectivity index (χ1) is 25.3. The molecule has 1 heteroatoms. The van der Waals surface area contributed by atoms with Crippen LogP contribution in [-0.4, -0.2) is 5.25 Å². The predicted octanol–water partition coefficient (Wildman–Crippen LogP) is 14.1. The van der Waals surface area contributed by atoms with Crippen molar-refractivity contribution in [2.75, 3.05) is 0 Å². The van der Waals surface area contributed by atoms with Crippen LogP contribution in [0.25, 0.3) is 87.2 Å². The van der Waals surface area contributed by atoms with Crippen LogP contribution < -0.4 is 0 Å². The Balaban J connectivity index is 1.24. The van der Waals surface area contributed by atoms with E-state index in [1.807, 2.05) is 11.8 Å². The van der Waals surface area contributed by atoms with Crippen molar-refractivity contribution in [3.63, 3.8) is 0 Å². The molecule has 0 N–H and O–H groups in total. The molecule has 9 aromatic carbocycles. The number of rotatable bonds is 3. The molecule has 0 fully saturated rings. The Bertz CT molecular complexity index is 2960. The maximum absolute atomic E-state index is 2.50. The van der Waals surface area contributed by atoms with Gasteiger partial charge in [0.2, 0.25) is 0 Å². The highest BCUT2D eigenvalue weighted by Gasteiger charge is 2.33. The van der Waals surface area contributed by atoms with Crippen LogP contribution in [0.2, 0.25) is 0 Å². The fourth-order valence-corrected chi connectivity index (χ4v) is 10.2. The number of fused-ring (bicyclic) bond motifs is 9. The van der Waals surface area contributed by atoms with Gasteiger partial charge < -0.3 is 0 Å². The molecule has 0 radical (unpaired) electrons. The third-order valence-corrected chi connectivity index (χ3v) is 12.5. The molecular weight excluding hydrogens is 633 g/mol. The molecule has 51 heavy (non-hydrogen) atoms. The van der Waals surface area contributed by atoms with Crippen molar-refractivity contribution >= 4 is 65.6 Å². The van der Waals surface area contributed by atoms with Gasteiger partial charge in [0.1, 0.15) is 0 Å². The average molecular weight is 665 g/mol. The largest absolute Gasteiger partial charge is 0.117 e. The van der Waals surface area contributed by atoms with Crippen molar-refractivity contribution in [3.05, 3.63) is 188 Å². The van der Waals surface area contributed by atoms with E-state index in [4.69, 9.17) is 0 Å². The Kier molecular flexibility index (Phi) is 6.41. The van der Waals surface area contributed by atoms with Gasteiger partial charge in [-0.2, -0.15) is 0 Å². The first-order valence-electron chi connectivity index (χ1n) is 17.8. The van der Waals surface area contributed by atoms with Gasteiger partial charge in [-0.1, -0.05) is 158 Å². The quantitative estimate of drug-likeness (QED) is 0.169. The lowest BCUT2D eigenvalue weighted by molar-refractivity contribution is 0.884. The normalized spacial score (nSPS) is 16.4. The van der Waals surface area contributed by atoms with Crippen LogP contribution in [0.5, 0.6) is 0 Å². The molecule has 0 nitrogen and oxygen atoms in total. The highest BCUT2D eigenvalue weighted by molar-refractivity contribution is 8.00. The van der Waals surface area contributed by atoms with Gasteiger partial charge in [-0.15, -0.1) is 11.8 Å². The SMILES string of the molecule is C1=CC2Sc3c(cc(-c4ccc5c(-c6ccc7ccccc7c6)c6ccccc6c(-c6ccc7ccccc7c6)c5c4)c4ccccc34)C2C=C1. The number of benzene rings is 9. The molecule has 0 saturated heterocycles. The highest BCUT2D eigenvalue weighted by Crippen LogP contribution is 2.53. The zero-order valence-corrected chi connectivity index (χ0v) is 28.7. The Morgan fingerprint density at radius 3 is 1.59 bits per heavy atom. The van der Waals surface area contributed by atoms with Gasteiger partial charge >= 0.3 is 0 Å². The molecule has 11 rings (SSSR count). The molecule has 2 atom stereocenters. The van der Waals surface area contributed by atoms with E-state index in [2.05, 4.69) is 182 Å². The third-order valence-electron chi connectivity index (χ3n) is 11.1. The summed E-state index contributed by atoms with van der Waals surface area (Å²) < 4.78 is 0. The third kappa shape index (κ3) is 4.48. The zero-order valence-electron chi connectivity index (χ0n) is 27.9. The van der Waals surface area contributed by atoms with E-state index in [1.54, 1.807) is 0 Å². The minimum Gasteiger partial charge on any atom is -0.117 e.